The molecule has 0 saturated carbocycles. The van der Waals surface area contributed by atoms with Crippen molar-refractivity contribution in [2.24, 2.45) is 0 Å². The van der Waals surface area contributed by atoms with E-state index in [9.17, 15) is 4.39 Å². The molecule has 0 amide bonds. The molecular formula is C30H36ClF2N7O2. The van der Waals surface area contributed by atoms with E-state index < -0.39 is 17.5 Å². The Bertz CT molecular complexity index is 1560. The minimum absolute atomic E-state index is 0.00163. The molecular weight excluding hydrogens is 564 g/mol. The van der Waals surface area contributed by atoms with Gasteiger partial charge in [-0.1, -0.05) is 18.5 Å². The zero-order valence-electron chi connectivity index (χ0n) is 24.1. The first-order valence-electron chi connectivity index (χ1n) is 14.8. The van der Waals surface area contributed by atoms with Gasteiger partial charge in [0.2, 0.25) is 5.88 Å². The Labute approximate surface area is 248 Å². The number of nitrogens with two attached hydrogens (primary N) is 1. The van der Waals surface area contributed by atoms with Gasteiger partial charge in [0, 0.05) is 43.3 Å². The van der Waals surface area contributed by atoms with Crippen LogP contribution in [0.15, 0.2) is 12.1 Å². The summed E-state index contributed by atoms with van der Waals surface area (Å²) >= 11 is 6.66. The lowest BCUT2D eigenvalue weighted by Crippen LogP contribution is -2.60. The number of fused-ring (bicyclic) bond motifs is 3. The summed E-state index contributed by atoms with van der Waals surface area (Å²) in [6.07, 6.45) is 2.00. The van der Waals surface area contributed by atoms with Crippen molar-refractivity contribution in [3.63, 3.8) is 0 Å². The van der Waals surface area contributed by atoms with Gasteiger partial charge in [-0.15, -0.1) is 0 Å². The number of aromatic nitrogens is 3. The van der Waals surface area contributed by atoms with Crippen LogP contribution in [0.2, 0.25) is 5.02 Å². The molecule has 0 aliphatic carbocycles. The van der Waals surface area contributed by atoms with Crippen LogP contribution < -0.4 is 25.4 Å². The number of nitrogen functional groups attached to an aromatic ring is 1. The number of rotatable bonds is 5. The topological polar surface area (TPSA) is 102 Å². The van der Waals surface area contributed by atoms with Crippen molar-refractivity contribution in [3.8, 4) is 23.1 Å². The monoisotopic (exact) mass is 599 g/mol. The molecule has 3 aromatic rings. The third-order valence-corrected chi connectivity index (χ3v) is 10.0. The Kier molecular flexibility index (Phi) is 6.82. The summed E-state index contributed by atoms with van der Waals surface area (Å²) in [5.41, 5.74) is 7.29. The van der Waals surface area contributed by atoms with Crippen LogP contribution in [0.5, 0.6) is 11.9 Å². The van der Waals surface area contributed by atoms with Crippen LogP contribution in [-0.2, 0) is 0 Å². The van der Waals surface area contributed by atoms with Crippen LogP contribution in [0.25, 0.3) is 22.2 Å². The number of ether oxygens (including phenoxy) is 2. The third kappa shape index (κ3) is 4.43. The fourth-order valence-corrected chi connectivity index (χ4v) is 7.48. The van der Waals surface area contributed by atoms with Crippen molar-refractivity contribution in [1.29, 1.82) is 0 Å². The van der Waals surface area contributed by atoms with Gasteiger partial charge in [0.05, 0.1) is 16.6 Å². The fourth-order valence-electron chi connectivity index (χ4n) is 7.28. The Morgan fingerprint density at radius 1 is 1.26 bits per heavy atom. The van der Waals surface area contributed by atoms with E-state index in [2.05, 4.69) is 32.0 Å². The van der Waals surface area contributed by atoms with E-state index in [1.807, 2.05) is 13.8 Å². The fraction of sp³-hybridized carbons (Fsp3) is 0.567. The van der Waals surface area contributed by atoms with Gasteiger partial charge in [-0.3, -0.25) is 4.90 Å². The lowest BCUT2D eigenvalue weighted by atomic mass is 9.95. The number of benzene rings is 1. The summed E-state index contributed by atoms with van der Waals surface area (Å²) in [5.74, 6) is 0.115. The number of hydrogen-bond donors (Lipinski definition) is 2. The van der Waals surface area contributed by atoms with Gasteiger partial charge in [0.25, 0.3) is 0 Å². The minimum Gasteiger partial charge on any atom is -0.472 e. The number of piperazine rings is 1. The minimum atomic E-state index is -0.887. The van der Waals surface area contributed by atoms with Crippen molar-refractivity contribution in [2.45, 2.75) is 76.4 Å². The summed E-state index contributed by atoms with van der Waals surface area (Å²) in [4.78, 5) is 18.5. The highest BCUT2D eigenvalue weighted by molar-refractivity contribution is 6.34. The van der Waals surface area contributed by atoms with Crippen LogP contribution in [0, 0.1) is 12.7 Å². The SMILES string of the molecule is CC[C@@H]1CN2c3nc(OC[C@@]45CCCN4C[C@H](F)C5)nc4c(F)c(-c5cc(N)cc(C)c5Cl)nc(c34)O[C@@H](C)[C@@H]2CN1. The average Bonchev–Trinajstić information content (AvgIpc) is 3.46. The summed E-state index contributed by atoms with van der Waals surface area (Å²) in [6, 6.07) is 3.54. The molecule has 224 valence electrons. The summed E-state index contributed by atoms with van der Waals surface area (Å²) < 4.78 is 43.8. The van der Waals surface area contributed by atoms with E-state index >= 15 is 4.39 Å². The first-order chi connectivity index (χ1) is 20.2. The van der Waals surface area contributed by atoms with Crippen molar-refractivity contribution >= 4 is 34.0 Å². The van der Waals surface area contributed by atoms with Crippen LogP contribution in [-0.4, -0.2) is 82.5 Å². The van der Waals surface area contributed by atoms with Crippen LogP contribution in [0.3, 0.4) is 0 Å². The van der Waals surface area contributed by atoms with Crippen LogP contribution in [0.1, 0.15) is 45.1 Å². The Balaban J connectivity index is 1.40. The van der Waals surface area contributed by atoms with E-state index in [0.29, 0.717) is 59.1 Å². The number of nitrogens with one attached hydrogen (secondary N) is 1. The first-order valence-corrected chi connectivity index (χ1v) is 15.2. The van der Waals surface area contributed by atoms with Crippen LogP contribution >= 0.6 is 11.6 Å². The van der Waals surface area contributed by atoms with Gasteiger partial charge in [0.1, 0.15) is 41.3 Å². The molecule has 4 aliphatic rings. The van der Waals surface area contributed by atoms with E-state index in [-0.39, 0.29) is 47.9 Å². The summed E-state index contributed by atoms with van der Waals surface area (Å²) in [7, 11) is 0. The molecule has 0 bridgehead atoms. The van der Waals surface area contributed by atoms with Gasteiger partial charge >= 0.3 is 6.01 Å². The zero-order chi connectivity index (χ0) is 29.3. The molecule has 0 spiro atoms. The molecule has 12 heteroatoms. The molecule has 3 fully saturated rings. The maximum atomic E-state index is 16.6. The smallest absolute Gasteiger partial charge is 0.319 e. The normalized spacial score (nSPS) is 28.9. The Morgan fingerprint density at radius 3 is 2.90 bits per heavy atom. The standard InChI is InChI=1S/C30H36ClF2N7O2/c1-4-19-13-40-21(11-35-19)16(3)42-28-22-26(24(33)25(36-28)20-9-18(34)8-15(2)23(20)31)37-29(38-27(22)40)41-14-30-6-5-7-39(30)12-17(32)10-30/h8-9,16-17,19,21,35H,4-7,10-14,34H2,1-3H3/t16-,17+,19+,21-,30-/m0/s1. The molecule has 3 N–H and O–H groups in total. The second kappa shape index (κ2) is 10.3. The predicted octanol–water partition coefficient (Wildman–Crippen LogP) is 4.67. The average molecular weight is 600 g/mol. The molecule has 42 heavy (non-hydrogen) atoms. The molecule has 4 aliphatic heterocycles. The number of halogens is 3. The molecule has 0 radical (unpaired) electrons. The van der Waals surface area contributed by atoms with Gasteiger partial charge in [0.15, 0.2) is 5.82 Å². The molecule has 2 aromatic heterocycles. The largest absolute Gasteiger partial charge is 0.472 e. The second-order valence-corrected chi connectivity index (χ2v) is 12.6. The number of pyridine rings is 1. The molecule has 3 saturated heterocycles. The van der Waals surface area contributed by atoms with Gasteiger partial charge in [-0.25, -0.2) is 13.8 Å². The third-order valence-electron chi connectivity index (χ3n) is 9.51. The van der Waals surface area contributed by atoms with Crippen molar-refractivity contribution in [3.05, 3.63) is 28.5 Å². The predicted molar refractivity (Wildman–Crippen MR) is 159 cm³/mol. The number of hydrogen-bond acceptors (Lipinski definition) is 9. The number of alkyl halides is 1. The Hall–Kier alpha value is -3.02. The molecule has 7 rings (SSSR count). The lowest BCUT2D eigenvalue weighted by Gasteiger charge is -2.42. The molecule has 1 aromatic carbocycles. The van der Waals surface area contributed by atoms with E-state index in [1.165, 1.54) is 0 Å². The second-order valence-electron chi connectivity index (χ2n) is 12.3. The van der Waals surface area contributed by atoms with E-state index in [1.54, 1.807) is 12.1 Å². The molecule has 0 unspecified atom stereocenters. The zero-order valence-corrected chi connectivity index (χ0v) is 24.8. The molecule has 9 nitrogen and oxygen atoms in total. The van der Waals surface area contributed by atoms with E-state index in [4.69, 9.17) is 31.8 Å². The highest BCUT2D eigenvalue weighted by Gasteiger charge is 2.49. The lowest BCUT2D eigenvalue weighted by molar-refractivity contribution is 0.107. The quantitative estimate of drug-likeness (QED) is 0.405. The summed E-state index contributed by atoms with van der Waals surface area (Å²) in [6.45, 7) is 8.75. The number of nitrogens with zero attached hydrogens (tertiary/aromatic N) is 5. The Morgan fingerprint density at radius 2 is 2.10 bits per heavy atom. The van der Waals surface area contributed by atoms with Crippen molar-refractivity contribution in [1.82, 2.24) is 25.2 Å². The summed E-state index contributed by atoms with van der Waals surface area (Å²) in [5, 5.41) is 4.35. The van der Waals surface area contributed by atoms with Crippen molar-refractivity contribution < 1.29 is 18.3 Å². The maximum absolute atomic E-state index is 16.6. The van der Waals surface area contributed by atoms with Gasteiger partial charge in [-0.2, -0.15) is 9.97 Å². The highest BCUT2D eigenvalue weighted by atomic mass is 35.5. The maximum Gasteiger partial charge on any atom is 0.319 e. The molecule has 5 atom stereocenters. The number of anilines is 2. The number of aryl methyl sites for hydroxylation is 1. The van der Waals surface area contributed by atoms with Crippen LogP contribution in [0.4, 0.5) is 20.3 Å². The highest BCUT2D eigenvalue weighted by Crippen LogP contribution is 2.44. The van der Waals surface area contributed by atoms with Gasteiger partial charge < -0.3 is 25.4 Å². The van der Waals surface area contributed by atoms with E-state index in [0.717, 1.165) is 25.8 Å². The molecule has 6 heterocycles. The first kappa shape index (κ1) is 27.8. The van der Waals surface area contributed by atoms with Crippen molar-refractivity contribution in [2.75, 3.05) is 43.4 Å². The van der Waals surface area contributed by atoms with Gasteiger partial charge in [-0.05, 0) is 57.4 Å².